The molecule has 0 saturated carbocycles. The van der Waals surface area contributed by atoms with E-state index in [-0.39, 0.29) is 12.1 Å². The molecule has 5 nitrogen and oxygen atoms in total. The molecule has 2 heterocycles. The first kappa shape index (κ1) is 16.1. The summed E-state index contributed by atoms with van der Waals surface area (Å²) in [6.07, 6.45) is -0.250. The summed E-state index contributed by atoms with van der Waals surface area (Å²) in [6, 6.07) is 15.9. The number of benzene rings is 2. The minimum Gasteiger partial charge on any atom is -0.445 e. The van der Waals surface area contributed by atoms with Crippen molar-refractivity contribution in [2.24, 2.45) is 0 Å². The zero-order chi connectivity index (χ0) is 17.2. The average Bonchev–Trinajstić information content (AvgIpc) is 2.66. The highest BCUT2D eigenvalue weighted by atomic mass is 35.5. The number of hydrogen-bond acceptors (Lipinski definition) is 4. The lowest BCUT2D eigenvalue weighted by molar-refractivity contribution is 0.0894. The Hall–Kier alpha value is -2.40. The molecule has 0 aliphatic carbocycles. The Morgan fingerprint density at radius 3 is 2.88 bits per heavy atom. The molecule has 1 atom stereocenters. The maximum absolute atomic E-state index is 12.4. The molecule has 0 radical (unpaired) electrons. The van der Waals surface area contributed by atoms with E-state index in [4.69, 9.17) is 16.3 Å². The van der Waals surface area contributed by atoms with Crippen molar-refractivity contribution in [1.82, 2.24) is 4.90 Å². The zero-order valence-electron chi connectivity index (χ0n) is 13.8. The lowest BCUT2D eigenvalue weighted by Crippen LogP contribution is -2.58. The van der Waals surface area contributed by atoms with Gasteiger partial charge in [0.15, 0.2) is 0 Å². The SMILES string of the molecule is O=C(OCc1ccccc1)N1CCN2c3cc(Cl)ccc3NCC2C1. The number of nitrogens with one attached hydrogen (secondary N) is 1. The van der Waals surface area contributed by atoms with Gasteiger partial charge >= 0.3 is 6.09 Å². The second kappa shape index (κ2) is 6.84. The number of fused-ring (bicyclic) bond motifs is 3. The second-order valence-electron chi connectivity index (χ2n) is 6.38. The molecule has 2 aliphatic heterocycles. The minimum atomic E-state index is -0.250. The smallest absolute Gasteiger partial charge is 0.410 e. The van der Waals surface area contributed by atoms with Gasteiger partial charge in [-0.15, -0.1) is 0 Å². The van der Waals surface area contributed by atoms with Crippen molar-refractivity contribution < 1.29 is 9.53 Å². The molecule has 1 unspecified atom stereocenters. The van der Waals surface area contributed by atoms with E-state index in [9.17, 15) is 4.79 Å². The quantitative estimate of drug-likeness (QED) is 0.892. The van der Waals surface area contributed by atoms with Crippen LogP contribution in [0.1, 0.15) is 5.56 Å². The van der Waals surface area contributed by atoms with E-state index in [0.29, 0.717) is 19.7 Å². The molecular formula is C19H20ClN3O2. The highest BCUT2D eigenvalue weighted by Gasteiger charge is 2.34. The predicted octanol–water partition coefficient (Wildman–Crippen LogP) is 3.59. The van der Waals surface area contributed by atoms with Crippen molar-refractivity contribution in [3.63, 3.8) is 0 Å². The van der Waals surface area contributed by atoms with Crippen LogP contribution in [0.3, 0.4) is 0 Å². The Kier molecular flexibility index (Phi) is 4.40. The summed E-state index contributed by atoms with van der Waals surface area (Å²) in [7, 11) is 0. The molecule has 0 spiro atoms. The van der Waals surface area contributed by atoms with Gasteiger partial charge in [-0.2, -0.15) is 0 Å². The maximum atomic E-state index is 12.4. The van der Waals surface area contributed by atoms with Crippen LogP contribution in [-0.2, 0) is 11.3 Å². The molecule has 2 aliphatic rings. The van der Waals surface area contributed by atoms with Crippen molar-refractivity contribution in [3.8, 4) is 0 Å². The van der Waals surface area contributed by atoms with Crippen LogP contribution in [0.15, 0.2) is 48.5 Å². The number of piperazine rings is 1. The summed E-state index contributed by atoms with van der Waals surface area (Å²) in [5, 5.41) is 4.15. The molecule has 25 heavy (non-hydrogen) atoms. The van der Waals surface area contributed by atoms with Gasteiger partial charge in [0.25, 0.3) is 0 Å². The standard InChI is InChI=1S/C19H20ClN3O2/c20-15-6-7-17-18(10-15)23-9-8-22(12-16(23)11-21-17)19(24)25-13-14-4-2-1-3-5-14/h1-7,10,16,21H,8-9,11-13H2. The molecule has 2 aromatic rings. The number of ether oxygens (including phenoxy) is 1. The average molecular weight is 358 g/mol. The van der Waals surface area contributed by atoms with Crippen molar-refractivity contribution in [1.29, 1.82) is 0 Å². The van der Waals surface area contributed by atoms with E-state index in [1.54, 1.807) is 4.90 Å². The highest BCUT2D eigenvalue weighted by Crippen LogP contribution is 2.35. The molecular weight excluding hydrogens is 338 g/mol. The molecule has 130 valence electrons. The fraction of sp³-hybridized carbons (Fsp3) is 0.316. The predicted molar refractivity (Wildman–Crippen MR) is 99.3 cm³/mol. The summed E-state index contributed by atoms with van der Waals surface area (Å²) < 4.78 is 5.46. The second-order valence-corrected chi connectivity index (χ2v) is 6.81. The first-order valence-electron chi connectivity index (χ1n) is 8.46. The van der Waals surface area contributed by atoms with Crippen LogP contribution in [0, 0.1) is 0 Å². The van der Waals surface area contributed by atoms with E-state index in [0.717, 1.165) is 35.1 Å². The number of nitrogens with zero attached hydrogens (tertiary/aromatic N) is 2. The van der Waals surface area contributed by atoms with Gasteiger partial charge in [0.05, 0.1) is 17.4 Å². The third-order valence-electron chi connectivity index (χ3n) is 4.74. The Labute approximate surface area is 152 Å². The van der Waals surface area contributed by atoms with Crippen LogP contribution in [0.5, 0.6) is 0 Å². The van der Waals surface area contributed by atoms with Crippen LogP contribution in [0.25, 0.3) is 0 Å². The minimum absolute atomic E-state index is 0.226. The van der Waals surface area contributed by atoms with Gasteiger partial charge in [0.2, 0.25) is 0 Å². The van der Waals surface area contributed by atoms with Gasteiger partial charge in [-0.25, -0.2) is 4.79 Å². The van der Waals surface area contributed by atoms with E-state index < -0.39 is 0 Å². The first-order valence-corrected chi connectivity index (χ1v) is 8.84. The molecule has 1 fully saturated rings. The van der Waals surface area contributed by atoms with Gasteiger partial charge < -0.3 is 19.9 Å². The fourth-order valence-corrected chi connectivity index (χ4v) is 3.61. The van der Waals surface area contributed by atoms with E-state index >= 15 is 0 Å². The van der Waals surface area contributed by atoms with Crippen LogP contribution in [0.4, 0.5) is 16.2 Å². The van der Waals surface area contributed by atoms with E-state index in [1.165, 1.54) is 0 Å². The molecule has 4 rings (SSSR count). The summed E-state index contributed by atoms with van der Waals surface area (Å²) in [4.78, 5) is 16.5. The van der Waals surface area contributed by atoms with Crippen LogP contribution in [0.2, 0.25) is 5.02 Å². The van der Waals surface area contributed by atoms with Crippen molar-refractivity contribution in [2.45, 2.75) is 12.6 Å². The van der Waals surface area contributed by atoms with Gasteiger partial charge in [0, 0.05) is 31.2 Å². The van der Waals surface area contributed by atoms with Crippen molar-refractivity contribution in [3.05, 3.63) is 59.1 Å². The Morgan fingerprint density at radius 2 is 2.04 bits per heavy atom. The van der Waals surface area contributed by atoms with Gasteiger partial charge in [-0.1, -0.05) is 41.9 Å². The summed E-state index contributed by atoms with van der Waals surface area (Å²) in [5.41, 5.74) is 3.21. The maximum Gasteiger partial charge on any atom is 0.410 e. The number of hydrogen-bond donors (Lipinski definition) is 1. The van der Waals surface area contributed by atoms with Gasteiger partial charge in [-0.3, -0.25) is 0 Å². The molecule has 0 bridgehead atoms. The van der Waals surface area contributed by atoms with Crippen LogP contribution < -0.4 is 10.2 Å². The van der Waals surface area contributed by atoms with Crippen LogP contribution >= 0.6 is 11.6 Å². The van der Waals surface area contributed by atoms with Gasteiger partial charge in [0.1, 0.15) is 6.61 Å². The number of amides is 1. The van der Waals surface area contributed by atoms with Crippen molar-refractivity contribution >= 4 is 29.1 Å². The van der Waals surface area contributed by atoms with Gasteiger partial charge in [-0.05, 0) is 23.8 Å². The normalized spacial score (nSPS) is 18.8. The van der Waals surface area contributed by atoms with E-state index in [2.05, 4.69) is 10.2 Å². The molecule has 6 heteroatoms. The summed E-state index contributed by atoms with van der Waals surface area (Å²) in [5.74, 6) is 0. The molecule has 0 aromatic heterocycles. The molecule has 1 N–H and O–H groups in total. The van der Waals surface area contributed by atoms with Crippen molar-refractivity contribution in [2.75, 3.05) is 36.4 Å². The fourth-order valence-electron chi connectivity index (χ4n) is 3.44. The third-order valence-corrected chi connectivity index (χ3v) is 4.98. The van der Waals surface area contributed by atoms with E-state index in [1.807, 2.05) is 48.5 Å². The zero-order valence-corrected chi connectivity index (χ0v) is 14.6. The summed E-state index contributed by atoms with van der Waals surface area (Å²) >= 11 is 6.15. The topological polar surface area (TPSA) is 44.8 Å². The Bertz CT molecular complexity index is 769. The largest absolute Gasteiger partial charge is 0.445 e. The molecule has 2 aromatic carbocycles. The highest BCUT2D eigenvalue weighted by molar-refractivity contribution is 6.31. The summed E-state index contributed by atoms with van der Waals surface area (Å²) in [6.45, 7) is 3.18. The lowest BCUT2D eigenvalue weighted by atomic mass is 10.1. The monoisotopic (exact) mass is 357 g/mol. The molecule has 1 amide bonds. The number of carbonyl (C=O) groups is 1. The van der Waals surface area contributed by atoms with Crippen LogP contribution in [-0.4, -0.2) is 43.2 Å². The Morgan fingerprint density at radius 1 is 1.20 bits per heavy atom. The lowest BCUT2D eigenvalue weighted by Gasteiger charge is -2.45. The Balaban J connectivity index is 1.39. The number of rotatable bonds is 2. The third kappa shape index (κ3) is 3.37. The number of carbonyl (C=O) groups excluding carboxylic acids is 1. The number of halogens is 1. The first-order chi connectivity index (χ1) is 12.2. The number of anilines is 2. The molecule has 1 saturated heterocycles.